The molecule has 2 fully saturated rings. The van der Waals surface area contributed by atoms with Gasteiger partial charge in [-0.25, -0.2) is 4.79 Å². The van der Waals surface area contributed by atoms with Crippen molar-refractivity contribution in [3.63, 3.8) is 0 Å². The van der Waals surface area contributed by atoms with Crippen molar-refractivity contribution in [3.8, 4) is 22.8 Å². The summed E-state index contributed by atoms with van der Waals surface area (Å²) >= 11 is 0. The highest BCUT2D eigenvalue weighted by Crippen LogP contribution is 2.47. The zero-order valence-corrected chi connectivity index (χ0v) is 23.3. The van der Waals surface area contributed by atoms with E-state index in [9.17, 15) is 9.90 Å². The SMILES string of the molecule is O=C(O)c1ccc2c(C3CCCCC3)c3n(c2c1)CCOc1cc(OCc2ccccc2N2CCOCC2)ccc1-3. The van der Waals surface area contributed by atoms with E-state index in [1.54, 1.807) is 6.07 Å². The standard InChI is InChI=1S/C34H36N2O5/c37-34(38)24-10-12-27-30(20-24)36-16-19-40-31-21-26(11-13-28(31)33(36)32(27)23-6-2-1-3-7-23)41-22-25-8-4-5-9-29(25)35-14-17-39-18-15-35/h4-5,8-13,20-21,23H,1-3,6-7,14-19,22H2,(H,37,38). The average Bonchev–Trinajstić information content (AvgIpc) is 3.22. The van der Waals surface area contributed by atoms with Crippen LogP contribution in [0.5, 0.6) is 11.5 Å². The Morgan fingerprint density at radius 1 is 0.927 bits per heavy atom. The molecule has 3 aromatic carbocycles. The van der Waals surface area contributed by atoms with Crippen molar-refractivity contribution in [3.05, 3.63) is 77.4 Å². The summed E-state index contributed by atoms with van der Waals surface area (Å²) in [7, 11) is 0. The van der Waals surface area contributed by atoms with Crippen LogP contribution >= 0.6 is 0 Å². The minimum Gasteiger partial charge on any atom is -0.491 e. The minimum atomic E-state index is -0.899. The Hall–Kier alpha value is -3.97. The van der Waals surface area contributed by atoms with E-state index in [0.29, 0.717) is 31.2 Å². The highest BCUT2D eigenvalue weighted by Gasteiger charge is 2.30. The van der Waals surface area contributed by atoms with Crippen LogP contribution in [0.25, 0.3) is 22.2 Å². The molecule has 212 valence electrons. The Labute approximate surface area is 240 Å². The second-order valence-corrected chi connectivity index (χ2v) is 11.3. The van der Waals surface area contributed by atoms with Gasteiger partial charge in [0.15, 0.2) is 0 Å². The fourth-order valence-electron chi connectivity index (χ4n) is 6.90. The largest absolute Gasteiger partial charge is 0.491 e. The van der Waals surface area contributed by atoms with Gasteiger partial charge in [0, 0.05) is 46.9 Å². The number of hydrogen-bond acceptors (Lipinski definition) is 5. The summed E-state index contributed by atoms with van der Waals surface area (Å²) in [6.45, 7) is 4.90. The van der Waals surface area contributed by atoms with Gasteiger partial charge in [0.1, 0.15) is 24.7 Å². The molecule has 4 aromatic rings. The van der Waals surface area contributed by atoms with Gasteiger partial charge in [-0.1, -0.05) is 43.5 Å². The molecular weight excluding hydrogens is 516 g/mol. The molecule has 0 unspecified atom stereocenters. The maximum Gasteiger partial charge on any atom is 0.335 e. The summed E-state index contributed by atoms with van der Waals surface area (Å²) in [6, 6.07) is 20.2. The van der Waals surface area contributed by atoms with E-state index in [4.69, 9.17) is 14.2 Å². The quantitative estimate of drug-likeness (QED) is 0.282. The third-order valence-electron chi connectivity index (χ3n) is 8.88. The maximum absolute atomic E-state index is 11.8. The minimum absolute atomic E-state index is 0.319. The number of ether oxygens (including phenoxy) is 3. The first-order valence-electron chi connectivity index (χ1n) is 14.9. The zero-order valence-electron chi connectivity index (χ0n) is 23.3. The monoisotopic (exact) mass is 552 g/mol. The van der Waals surface area contributed by atoms with Gasteiger partial charge in [0.2, 0.25) is 0 Å². The number of aromatic nitrogens is 1. The second-order valence-electron chi connectivity index (χ2n) is 11.3. The van der Waals surface area contributed by atoms with Crippen LogP contribution in [0, 0.1) is 0 Å². The number of aromatic carboxylic acids is 1. The number of nitrogens with zero attached hydrogens (tertiary/aromatic N) is 2. The van der Waals surface area contributed by atoms with E-state index in [0.717, 1.165) is 67.3 Å². The first-order chi connectivity index (χ1) is 20.2. The molecule has 1 N–H and O–H groups in total. The number of hydrogen-bond donors (Lipinski definition) is 1. The predicted octanol–water partition coefficient (Wildman–Crippen LogP) is 6.86. The lowest BCUT2D eigenvalue weighted by atomic mass is 9.81. The summed E-state index contributed by atoms with van der Waals surface area (Å²) in [6.07, 6.45) is 6.06. The van der Waals surface area contributed by atoms with Crippen molar-refractivity contribution >= 4 is 22.6 Å². The normalized spacial score (nSPS) is 17.4. The highest BCUT2D eigenvalue weighted by atomic mass is 16.5. The van der Waals surface area contributed by atoms with Gasteiger partial charge in [-0.05, 0) is 54.7 Å². The van der Waals surface area contributed by atoms with Gasteiger partial charge in [-0.15, -0.1) is 0 Å². The predicted molar refractivity (Wildman–Crippen MR) is 159 cm³/mol. The number of anilines is 1. The summed E-state index contributed by atoms with van der Waals surface area (Å²) < 4.78 is 20.5. The molecule has 0 bridgehead atoms. The van der Waals surface area contributed by atoms with E-state index in [1.807, 2.05) is 24.3 Å². The maximum atomic E-state index is 11.8. The first kappa shape index (κ1) is 26.0. The van der Waals surface area contributed by atoms with Gasteiger partial charge in [-0.2, -0.15) is 0 Å². The molecule has 0 atom stereocenters. The van der Waals surface area contributed by atoms with Crippen LogP contribution in [0.2, 0.25) is 0 Å². The van der Waals surface area contributed by atoms with Crippen molar-refractivity contribution in [2.75, 3.05) is 37.8 Å². The van der Waals surface area contributed by atoms with Crippen LogP contribution in [0.4, 0.5) is 5.69 Å². The number of benzene rings is 3. The third-order valence-corrected chi connectivity index (χ3v) is 8.88. The molecule has 3 heterocycles. The number of fused-ring (bicyclic) bond motifs is 5. The molecule has 41 heavy (non-hydrogen) atoms. The smallest absolute Gasteiger partial charge is 0.335 e. The molecule has 0 radical (unpaired) electrons. The van der Waals surface area contributed by atoms with E-state index in [-0.39, 0.29) is 0 Å². The topological polar surface area (TPSA) is 73.2 Å². The van der Waals surface area contributed by atoms with Crippen LogP contribution in [0.15, 0.2) is 60.7 Å². The molecule has 1 saturated heterocycles. The van der Waals surface area contributed by atoms with Crippen molar-refractivity contribution < 1.29 is 24.1 Å². The molecule has 3 aliphatic rings. The Balaban J connectivity index is 1.25. The van der Waals surface area contributed by atoms with Crippen LogP contribution in [0.3, 0.4) is 0 Å². The van der Waals surface area contributed by atoms with Crippen molar-refractivity contribution in [2.45, 2.75) is 51.2 Å². The molecule has 7 rings (SSSR count). The van der Waals surface area contributed by atoms with Gasteiger partial charge < -0.3 is 28.8 Å². The summed E-state index contributed by atoms with van der Waals surface area (Å²) in [4.78, 5) is 14.2. The van der Waals surface area contributed by atoms with Crippen LogP contribution in [-0.4, -0.2) is 48.6 Å². The number of carboxylic acid groups (broad SMARTS) is 1. The molecule has 1 aliphatic carbocycles. The van der Waals surface area contributed by atoms with Gasteiger partial charge in [0.25, 0.3) is 0 Å². The summed E-state index contributed by atoms with van der Waals surface area (Å²) in [5.74, 6) is 1.15. The van der Waals surface area contributed by atoms with Crippen molar-refractivity contribution in [1.82, 2.24) is 4.57 Å². The second kappa shape index (κ2) is 11.1. The fourth-order valence-corrected chi connectivity index (χ4v) is 6.90. The Bertz CT molecular complexity index is 1580. The molecule has 2 aliphatic heterocycles. The lowest BCUT2D eigenvalue weighted by molar-refractivity contribution is 0.0697. The van der Waals surface area contributed by atoms with Gasteiger partial charge >= 0.3 is 5.97 Å². The number of para-hydroxylation sites is 1. The Kier molecular flexibility index (Phi) is 7.05. The van der Waals surface area contributed by atoms with E-state index >= 15 is 0 Å². The van der Waals surface area contributed by atoms with Crippen LogP contribution in [-0.2, 0) is 17.9 Å². The average molecular weight is 553 g/mol. The molecule has 7 heteroatoms. The molecule has 7 nitrogen and oxygen atoms in total. The number of rotatable bonds is 6. The van der Waals surface area contributed by atoms with E-state index < -0.39 is 5.97 Å². The third kappa shape index (κ3) is 4.93. The molecule has 1 aromatic heterocycles. The fraction of sp³-hybridized carbons (Fsp3) is 0.382. The molecular formula is C34H36N2O5. The summed E-state index contributed by atoms with van der Waals surface area (Å²) in [5.41, 5.74) is 7.22. The molecule has 0 spiro atoms. The van der Waals surface area contributed by atoms with Gasteiger partial charge in [-0.3, -0.25) is 0 Å². The van der Waals surface area contributed by atoms with E-state index in [1.165, 1.54) is 41.6 Å². The first-order valence-corrected chi connectivity index (χ1v) is 14.9. The van der Waals surface area contributed by atoms with E-state index in [2.05, 4.69) is 39.8 Å². The summed E-state index contributed by atoms with van der Waals surface area (Å²) in [5, 5.41) is 10.9. The van der Waals surface area contributed by atoms with Gasteiger partial charge in [0.05, 0.1) is 31.0 Å². The Morgan fingerprint density at radius 3 is 2.59 bits per heavy atom. The Morgan fingerprint density at radius 2 is 1.76 bits per heavy atom. The number of carbonyl (C=O) groups is 1. The lowest BCUT2D eigenvalue weighted by Crippen LogP contribution is -2.36. The van der Waals surface area contributed by atoms with Crippen LogP contribution in [0.1, 0.15) is 59.5 Å². The molecule has 1 saturated carbocycles. The lowest BCUT2D eigenvalue weighted by Gasteiger charge is -2.30. The molecule has 0 amide bonds. The van der Waals surface area contributed by atoms with Crippen LogP contribution < -0.4 is 14.4 Å². The number of carboxylic acids is 1. The highest BCUT2D eigenvalue weighted by molar-refractivity contribution is 5.98. The number of morpholine rings is 1. The van der Waals surface area contributed by atoms with Crippen molar-refractivity contribution in [1.29, 1.82) is 0 Å². The zero-order chi connectivity index (χ0) is 27.8. The van der Waals surface area contributed by atoms with Crippen molar-refractivity contribution in [2.24, 2.45) is 0 Å².